The van der Waals surface area contributed by atoms with Crippen LogP contribution in [0.15, 0.2) is 91.8 Å². The maximum absolute atomic E-state index is 12.7. The monoisotopic (exact) mass is 406 g/mol. The van der Waals surface area contributed by atoms with Gasteiger partial charge in [-0.15, -0.1) is 0 Å². The molecule has 0 aliphatic rings. The standard InChI is InChI=1S/C26H22N4O/c31-26(29-13-4-17-30-18-16-28-20-30)24-9-10-25(22-11-14-27-15-12-22)23(19-24)8-7-21-5-2-1-3-6-21/h1-3,5-6,9-12,14-16,18-20H,4,13,17H2,(H,29,31). The number of aromatic nitrogens is 3. The van der Waals surface area contributed by atoms with E-state index in [4.69, 9.17) is 0 Å². The van der Waals surface area contributed by atoms with Crippen molar-refractivity contribution in [2.75, 3.05) is 6.54 Å². The topological polar surface area (TPSA) is 59.8 Å². The molecule has 0 radical (unpaired) electrons. The number of carbonyl (C=O) groups is 1. The Morgan fingerprint density at radius 2 is 1.77 bits per heavy atom. The highest BCUT2D eigenvalue weighted by molar-refractivity contribution is 5.95. The van der Waals surface area contributed by atoms with Crippen molar-refractivity contribution in [2.24, 2.45) is 0 Å². The molecule has 31 heavy (non-hydrogen) atoms. The minimum Gasteiger partial charge on any atom is -0.352 e. The zero-order valence-electron chi connectivity index (χ0n) is 17.0. The number of aryl methyl sites for hydroxylation is 1. The van der Waals surface area contributed by atoms with Crippen molar-refractivity contribution in [3.05, 3.63) is 108 Å². The average Bonchev–Trinajstić information content (AvgIpc) is 3.35. The van der Waals surface area contributed by atoms with E-state index in [0.717, 1.165) is 35.2 Å². The first-order chi connectivity index (χ1) is 15.3. The van der Waals surface area contributed by atoms with E-state index in [1.807, 2.05) is 71.4 Å². The maximum atomic E-state index is 12.7. The second-order valence-corrected chi connectivity index (χ2v) is 7.02. The molecule has 4 rings (SSSR count). The molecule has 5 nitrogen and oxygen atoms in total. The van der Waals surface area contributed by atoms with Crippen LogP contribution >= 0.6 is 0 Å². The van der Waals surface area contributed by atoms with E-state index in [1.54, 1.807) is 24.9 Å². The van der Waals surface area contributed by atoms with Gasteiger partial charge in [0, 0.05) is 54.6 Å². The highest BCUT2D eigenvalue weighted by Crippen LogP contribution is 2.24. The van der Waals surface area contributed by atoms with Gasteiger partial charge in [-0.25, -0.2) is 4.98 Å². The Bertz CT molecular complexity index is 1190. The fourth-order valence-electron chi connectivity index (χ4n) is 3.22. The Morgan fingerprint density at radius 1 is 0.935 bits per heavy atom. The van der Waals surface area contributed by atoms with Crippen molar-refractivity contribution in [3.8, 4) is 23.0 Å². The molecule has 2 aromatic carbocycles. The third-order valence-electron chi connectivity index (χ3n) is 4.83. The lowest BCUT2D eigenvalue weighted by atomic mass is 9.98. The Hall–Kier alpha value is -4.17. The lowest BCUT2D eigenvalue weighted by Crippen LogP contribution is -2.25. The molecule has 0 saturated carbocycles. The van der Waals surface area contributed by atoms with Crippen LogP contribution in [-0.2, 0) is 6.54 Å². The number of hydrogen-bond donors (Lipinski definition) is 1. The summed E-state index contributed by atoms with van der Waals surface area (Å²) in [4.78, 5) is 20.8. The van der Waals surface area contributed by atoms with E-state index in [9.17, 15) is 4.79 Å². The van der Waals surface area contributed by atoms with Crippen LogP contribution in [0.5, 0.6) is 0 Å². The van der Waals surface area contributed by atoms with E-state index in [1.165, 1.54) is 0 Å². The van der Waals surface area contributed by atoms with Crippen LogP contribution in [0.4, 0.5) is 0 Å². The summed E-state index contributed by atoms with van der Waals surface area (Å²) < 4.78 is 1.99. The summed E-state index contributed by atoms with van der Waals surface area (Å²) in [7, 11) is 0. The fourth-order valence-corrected chi connectivity index (χ4v) is 3.22. The quantitative estimate of drug-likeness (QED) is 0.386. The Morgan fingerprint density at radius 3 is 2.55 bits per heavy atom. The molecule has 5 heteroatoms. The summed E-state index contributed by atoms with van der Waals surface area (Å²) in [6, 6.07) is 19.4. The summed E-state index contributed by atoms with van der Waals surface area (Å²) in [5.74, 6) is 6.35. The molecule has 1 N–H and O–H groups in total. The SMILES string of the molecule is O=C(NCCCn1ccnc1)c1ccc(-c2ccncc2)c(C#Cc2ccccc2)c1. The van der Waals surface area contributed by atoms with Gasteiger partial charge in [-0.1, -0.05) is 36.1 Å². The zero-order valence-corrected chi connectivity index (χ0v) is 17.0. The van der Waals surface area contributed by atoms with Gasteiger partial charge in [0.15, 0.2) is 0 Å². The smallest absolute Gasteiger partial charge is 0.251 e. The van der Waals surface area contributed by atoms with Crippen molar-refractivity contribution < 1.29 is 4.79 Å². The molecule has 0 aliphatic heterocycles. The lowest BCUT2D eigenvalue weighted by Gasteiger charge is -2.09. The third-order valence-corrected chi connectivity index (χ3v) is 4.83. The number of carbonyl (C=O) groups excluding carboxylic acids is 1. The average molecular weight is 406 g/mol. The molecule has 0 fully saturated rings. The Labute approximate surface area is 181 Å². The first-order valence-electron chi connectivity index (χ1n) is 10.1. The molecule has 152 valence electrons. The molecule has 4 aromatic rings. The van der Waals surface area contributed by atoms with Crippen LogP contribution in [0.2, 0.25) is 0 Å². The Balaban J connectivity index is 1.53. The number of rotatable bonds is 6. The molecule has 2 heterocycles. The molecular formula is C26H22N4O. The van der Waals surface area contributed by atoms with Gasteiger partial charge in [-0.2, -0.15) is 0 Å². The van der Waals surface area contributed by atoms with Crippen molar-refractivity contribution in [2.45, 2.75) is 13.0 Å². The summed E-state index contributed by atoms with van der Waals surface area (Å²) in [5, 5.41) is 2.99. The van der Waals surface area contributed by atoms with Crippen LogP contribution in [0, 0.1) is 11.8 Å². The predicted octanol–water partition coefficient (Wildman–Crippen LogP) is 4.17. The minimum absolute atomic E-state index is 0.102. The maximum Gasteiger partial charge on any atom is 0.251 e. The minimum atomic E-state index is -0.102. The number of benzene rings is 2. The molecule has 2 aromatic heterocycles. The lowest BCUT2D eigenvalue weighted by molar-refractivity contribution is 0.0952. The second-order valence-electron chi connectivity index (χ2n) is 7.02. The van der Waals surface area contributed by atoms with E-state index >= 15 is 0 Å². The van der Waals surface area contributed by atoms with E-state index < -0.39 is 0 Å². The van der Waals surface area contributed by atoms with Gasteiger partial charge in [-0.05, 0) is 53.9 Å². The van der Waals surface area contributed by atoms with E-state index in [0.29, 0.717) is 12.1 Å². The normalized spacial score (nSPS) is 10.2. The van der Waals surface area contributed by atoms with Crippen LogP contribution in [0.25, 0.3) is 11.1 Å². The highest BCUT2D eigenvalue weighted by Gasteiger charge is 2.10. The predicted molar refractivity (Wildman–Crippen MR) is 121 cm³/mol. The fraction of sp³-hybridized carbons (Fsp3) is 0.115. The van der Waals surface area contributed by atoms with Gasteiger partial charge in [-0.3, -0.25) is 9.78 Å². The van der Waals surface area contributed by atoms with Crippen LogP contribution < -0.4 is 5.32 Å². The number of imidazole rings is 1. The van der Waals surface area contributed by atoms with Crippen molar-refractivity contribution in [1.82, 2.24) is 19.9 Å². The molecule has 1 amide bonds. The van der Waals surface area contributed by atoms with E-state index in [-0.39, 0.29) is 5.91 Å². The van der Waals surface area contributed by atoms with Crippen LogP contribution in [-0.4, -0.2) is 27.0 Å². The van der Waals surface area contributed by atoms with E-state index in [2.05, 4.69) is 27.1 Å². The van der Waals surface area contributed by atoms with Gasteiger partial charge in [0.05, 0.1) is 6.33 Å². The third kappa shape index (κ3) is 5.46. The molecule has 0 atom stereocenters. The first kappa shape index (κ1) is 20.1. The van der Waals surface area contributed by atoms with Gasteiger partial charge in [0.1, 0.15) is 0 Å². The number of nitrogens with zero attached hydrogens (tertiary/aromatic N) is 3. The van der Waals surface area contributed by atoms with Crippen LogP contribution in [0.3, 0.4) is 0 Å². The van der Waals surface area contributed by atoms with Crippen molar-refractivity contribution in [1.29, 1.82) is 0 Å². The van der Waals surface area contributed by atoms with Gasteiger partial charge in [0.2, 0.25) is 0 Å². The number of hydrogen-bond acceptors (Lipinski definition) is 3. The number of amides is 1. The van der Waals surface area contributed by atoms with Crippen molar-refractivity contribution >= 4 is 5.91 Å². The molecule has 0 saturated heterocycles. The molecule has 0 aliphatic carbocycles. The summed E-state index contributed by atoms with van der Waals surface area (Å²) >= 11 is 0. The largest absolute Gasteiger partial charge is 0.352 e. The van der Waals surface area contributed by atoms with Gasteiger partial charge >= 0.3 is 0 Å². The molecule has 0 bridgehead atoms. The Kier molecular flexibility index (Phi) is 6.51. The van der Waals surface area contributed by atoms with Gasteiger partial charge in [0.25, 0.3) is 5.91 Å². The molecule has 0 unspecified atom stereocenters. The second kappa shape index (κ2) is 10.0. The number of pyridine rings is 1. The molecule has 0 spiro atoms. The van der Waals surface area contributed by atoms with Crippen LogP contribution in [0.1, 0.15) is 27.9 Å². The molecular weight excluding hydrogens is 384 g/mol. The zero-order chi connectivity index (χ0) is 21.3. The summed E-state index contributed by atoms with van der Waals surface area (Å²) in [6.07, 6.45) is 9.78. The summed E-state index contributed by atoms with van der Waals surface area (Å²) in [6.45, 7) is 1.41. The van der Waals surface area contributed by atoms with Crippen molar-refractivity contribution in [3.63, 3.8) is 0 Å². The summed E-state index contributed by atoms with van der Waals surface area (Å²) in [5.41, 5.74) is 4.32. The first-order valence-corrected chi connectivity index (χ1v) is 10.1. The highest BCUT2D eigenvalue weighted by atomic mass is 16.1. The number of nitrogens with one attached hydrogen (secondary N) is 1. The van der Waals surface area contributed by atoms with Gasteiger partial charge < -0.3 is 9.88 Å².